The van der Waals surface area contributed by atoms with E-state index in [1.54, 1.807) is 11.8 Å². The van der Waals surface area contributed by atoms with E-state index >= 15 is 0 Å². The predicted molar refractivity (Wildman–Crippen MR) is 67.9 cm³/mol. The van der Waals surface area contributed by atoms with E-state index in [2.05, 4.69) is 10.2 Å². The molecule has 7 heteroatoms. The summed E-state index contributed by atoms with van der Waals surface area (Å²) in [5.74, 6) is -0.876. The van der Waals surface area contributed by atoms with Crippen molar-refractivity contribution in [2.75, 3.05) is 26.2 Å². The number of piperazine rings is 1. The summed E-state index contributed by atoms with van der Waals surface area (Å²) in [4.78, 5) is 26.7. The van der Waals surface area contributed by atoms with Gasteiger partial charge in [0.05, 0.1) is 11.8 Å². The average molecular weight is 266 g/mol. The lowest BCUT2D eigenvalue weighted by atomic mass is 10.2. The number of H-pyrrole nitrogens is 1. The fourth-order valence-corrected chi connectivity index (χ4v) is 2.21. The molecule has 2 heterocycles. The number of nitrogens with one attached hydrogen (secondary N) is 1. The van der Waals surface area contributed by atoms with Crippen LogP contribution in [-0.2, 0) is 4.79 Å². The van der Waals surface area contributed by atoms with Crippen LogP contribution in [0.15, 0.2) is 6.20 Å². The van der Waals surface area contributed by atoms with Crippen molar-refractivity contribution in [3.63, 3.8) is 0 Å². The molecule has 2 rings (SSSR count). The van der Waals surface area contributed by atoms with Gasteiger partial charge in [-0.3, -0.25) is 19.6 Å². The molecule has 104 valence electrons. The summed E-state index contributed by atoms with van der Waals surface area (Å²) < 4.78 is 0. The van der Waals surface area contributed by atoms with Gasteiger partial charge in [-0.05, 0) is 13.8 Å². The molecular formula is C12H18N4O3. The summed E-state index contributed by atoms with van der Waals surface area (Å²) in [6.45, 7) is 5.72. The van der Waals surface area contributed by atoms with E-state index in [-0.39, 0.29) is 5.91 Å². The average Bonchev–Trinajstić information content (AvgIpc) is 2.83. The van der Waals surface area contributed by atoms with Crippen LogP contribution < -0.4 is 0 Å². The number of amides is 1. The lowest BCUT2D eigenvalue weighted by Crippen LogP contribution is -2.53. The molecule has 1 aromatic rings. The summed E-state index contributed by atoms with van der Waals surface area (Å²) >= 11 is 0. The van der Waals surface area contributed by atoms with Crippen molar-refractivity contribution >= 4 is 11.9 Å². The smallest absolute Gasteiger partial charge is 0.320 e. The topological polar surface area (TPSA) is 89.5 Å². The third kappa shape index (κ3) is 2.76. The third-order valence-corrected chi connectivity index (χ3v) is 3.57. The highest BCUT2D eigenvalue weighted by molar-refractivity contribution is 5.95. The number of aromatic nitrogens is 2. The number of nitrogens with zero attached hydrogens (tertiary/aromatic N) is 3. The molecule has 1 fully saturated rings. The molecular weight excluding hydrogens is 248 g/mol. The van der Waals surface area contributed by atoms with E-state index in [1.165, 1.54) is 6.20 Å². The molecule has 19 heavy (non-hydrogen) atoms. The van der Waals surface area contributed by atoms with Crippen LogP contribution in [0.25, 0.3) is 0 Å². The van der Waals surface area contributed by atoms with Crippen molar-refractivity contribution in [1.29, 1.82) is 0 Å². The summed E-state index contributed by atoms with van der Waals surface area (Å²) in [6, 6.07) is -0.507. The van der Waals surface area contributed by atoms with Crippen LogP contribution in [0, 0.1) is 6.92 Å². The van der Waals surface area contributed by atoms with Gasteiger partial charge < -0.3 is 10.0 Å². The zero-order valence-corrected chi connectivity index (χ0v) is 11.1. The quantitative estimate of drug-likeness (QED) is 0.800. The molecule has 1 saturated heterocycles. The molecule has 2 N–H and O–H groups in total. The molecule has 1 unspecified atom stereocenters. The maximum absolute atomic E-state index is 12.2. The van der Waals surface area contributed by atoms with Crippen LogP contribution >= 0.6 is 0 Å². The van der Waals surface area contributed by atoms with Crippen molar-refractivity contribution in [3.8, 4) is 0 Å². The zero-order valence-electron chi connectivity index (χ0n) is 11.1. The van der Waals surface area contributed by atoms with Crippen molar-refractivity contribution in [3.05, 3.63) is 17.5 Å². The molecule has 7 nitrogen and oxygen atoms in total. The third-order valence-electron chi connectivity index (χ3n) is 3.57. The van der Waals surface area contributed by atoms with E-state index in [4.69, 9.17) is 5.11 Å². The Morgan fingerprint density at radius 2 is 2.00 bits per heavy atom. The van der Waals surface area contributed by atoms with E-state index in [0.717, 1.165) is 5.69 Å². The summed E-state index contributed by atoms with van der Waals surface area (Å²) in [5.41, 5.74) is 1.34. The minimum Gasteiger partial charge on any atom is -0.480 e. The molecule has 1 aliphatic heterocycles. The van der Waals surface area contributed by atoms with Crippen LogP contribution in [0.3, 0.4) is 0 Å². The van der Waals surface area contributed by atoms with E-state index in [0.29, 0.717) is 31.7 Å². The van der Waals surface area contributed by atoms with Crippen molar-refractivity contribution in [2.45, 2.75) is 19.9 Å². The maximum Gasteiger partial charge on any atom is 0.320 e. The molecule has 0 saturated carbocycles. The number of carbonyl (C=O) groups is 2. The van der Waals surface area contributed by atoms with Crippen molar-refractivity contribution < 1.29 is 14.7 Å². The van der Waals surface area contributed by atoms with Crippen LogP contribution in [0.5, 0.6) is 0 Å². The molecule has 1 atom stereocenters. The second-order valence-corrected chi connectivity index (χ2v) is 4.75. The number of aryl methyl sites for hydroxylation is 1. The van der Waals surface area contributed by atoms with Crippen molar-refractivity contribution in [2.24, 2.45) is 0 Å². The number of aromatic amines is 1. The molecule has 1 aliphatic rings. The lowest BCUT2D eigenvalue weighted by molar-refractivity contribution is -0.143. The first kappa shape index (κ1) is 13.5. The van der Waals surface area contributed by atoms with Crippen LogP contribution in [-0.4, -0.2) is 69.2 Å². The maximum atomic E-state index is 12.2. The minimum absolute atomic E-state index is 0.0473. The van der Waals surface area contributed by atoms with E-state index in [9.17, 15) is 9.59 Å². The Labute approximate surface area is 111 Å². The summed E-state index contributed by atoms with van der Waals surface area (Å²) in [7, 11) is 0. The number of hydrogen-bond acceptors (Lipinski definition) is 4. The first-order chi connectivity index (χ1) is 9.00. The van der Waals surface area contributed by atoms with Gasteiger partial charge in [0, 0.05) is 31.9 Å². The Kier molecular flexibility index (Phi) is 3.84. The monoisotopic (exact) mass is 266 g/mol. The van der Waals surface area contributed by atoms with Gasteiger partial charge in [0.25, 0.3) is 5.91 Å². The highest BCUT2D eigenvalue weighted by atomic mass is 16.4. The second-order valence-electron chi connectivity index (χ2n) is 4.75. The first-order valence-corrected chi connectivity index (χ1v) is 6.27. The van der Waals surface area contributed by atoms with Crippen LogP contribution in [0.2, 0.25) is 0 Å². The number of carboxylic acid groups (broad SMARTS) is 1. The van der Waals surface area contributed by atoms with E-state index < -0.39 is 12.0 Å². The SMILES string of the molecule is Cc1[nH]ncc1C(=O)N1CCN(C(C)C(=O)O)CC1. The fraction of sp³-hybridized carbons (Fsp3) is 0.583. The summed E-state index contributed by atoms with van der Waals surface area (Å²) in [6.07, 6.45) is 1.53. The largest absolute Gasteiger partial charge is 0.480 e. The molecule has 0 aliphatic carbocycles. The molecule has 0 radical (unpaired) electrons. The Bertz CT molecular complexity index is 477. The van der Waals surface area contributed by atoms with Gasteiger partial charge in [-0.15, -0.1) is 0 Å². The van der Waals surface area contributed by atoms with Crippen LogP contribution in [0.1, 0.15) is 23.0 Å². The molecule has 1 aromatic heterocycles. The van der Waals surface area contributed by atoms with Gasteiger partial charge in [0.2, 0.25) is 0 Å². The first-order valence-electron chi connectivity index (χ1n) is 6.27. The Balaban J connectivity index is 1.95. The standard InChI is InChI=1S/C12H18N4O3/c1-8-10(7-13-14-8)11(17)16-5-3-15(4-6-16)9(2)12(18)19/h7,9H,3-6H2,1-2H3,(H,13,14)(H,18,19). The van der Waals surface area contributed by atoms with Crippen molar-refractivity contribution in [1.82, 2.24) is 20.0 Å². The summed E-state index contributed by atoms with van der Waals surface area (Å²) in [5, 5.41) is 15.5. The van der Waals surface area contributed by atoms with Gasteiger partial charge >= 0.3 is 5.97 Å². The molecule has 0 bridgehead atoms. The lowest BCUT2D eigenvalue weighted by Gasteiger charge is -2.36. The molecule has 0 aromatic carbocycles. The number of carbonyl (C=O) groups excluding carboxylic acids is 1. The van der Waals surface area contributed by atoms with Gasteiger partial charge in [-0.1, -0.05) is 0 Å². The number of hydrogen-bond donors (Lipinski definition) is 2. The van der Waals surface area contributed by atoms with Gasteiger partial charge in [-0.2, -0.15) is 5.10 Å². The number of aliphatic carboxylic acids is 1. The fourth-order valence-electron chi connectivity index (χ4n) is 2.21. The number of carboxylic acids is 1. The normalized spacial score (nSPS) is 18.3. The van der Waals surface area contributed by atoms with E-state index in [1.807, 2.05) is 11.8 Å². The minimum atomic E-state index is -0.828. The highest BCUT2D eigenvalue weighted by Gasteiger charge is 2.28. The number of rotatable bonds is 3. The predicted octanol–water partition coefficient (Wildman–Crippen LogP) is -0.0510. The Morgan fingerprint density at radius 1 is 1.37 bits per heavy atom. The molecule has 1 amide bonds. The van der Waals surface area contributed by atoms with Gasteiger partial charge in [0.1, 0.15) is 6.04 Å². The zero-order chi connectivity index (χ0) is 14.0. The van der Waals surface area contributed by atoms with Gasteiger partial charge in [0.15, 0.2) is 0 Å². The Hall–Kier alpha value is -1.89. The van der Waals surface area contributed by atoms with Crippen LogP contribution in [0.4, 0.5) is 0 Å². The molecule has 0 spiro atoms. The van der Waals surface area contributed by atoms with Gasteiger partial charge in [-0.25, -0.2) is 0 Å². The second kappa shape index (κ2) is 5.40. The Morgan fingerprint density at radius 3 is 2.47 bits per heavy atom. The highest BCUT2D eigenvalue weighted by Crippen LogP contribution is 2.12.